The quantitative estimate of drug-likeness (QED) is 0.0376. The number of carboxylic acid groups (broad SMARTS) is 1. The average Bonchev–Trinajstić information content (AvgIpc) is 3.48. The van der Waals surface area contributed by atoms with Gasteiger partial charge in [-0.05, 0) is 26.3 Å². The molecule has 234 valence electrons. The third-order valence-electron chi connectivity index (χ3n) is 6.98. The van der Waals surface area contributed by atoms with Crippen molar-refractivity contribution in [3.8, 4) is 0 Å². The molecule has 0 bridgehead atoms. The minimum Gasteiger partial charge on any atom is -0.478 e. The fraction of sp³-hybridized carbons (Fsp3) is 0.565. The van der Waals surface area contributed by atoms with Crippen LogP contribution >= 0.6 is 11.3 Å². The number of carbonyl (C=O) groups is 3. The van der Waals surface area contributed by atoms with Crippen molar-refractivity contribution in [1.82, 2.24) is 24.3 Å². The van der Waals surface area contributed by atoms with Crippen LogP contribution in [0.15, 0.2) is 15.5 Å². The number of carbonyl (C=O) groups excluding carboxylic acids is 2. The van der Waals surface area contributed by atoms with Gasteiger partial charge < -0.3 is 27.1 Å². The molecule has 0 aromatic carbocycles. The number of hydrogen-bond donors (Lipinski definition) is 5. The number of oxime groups is 1. The molecule has 0 radical (unpaired) electrons. The summed E-state index contributed by atoms with van der Waals surface area (Å²) in [5, 5.41) is 23.3. The molecule has 2 aliphatic rings. The topological polar surface area (TPSA) is 285 Å². The number of amidine groups is 1. The van der Waals surface area contributed by atoms with E-state index in [1.807, 2.05) is 0 Å². The van der Waals surface area contributed by atoms with E-state index in [1.54, 1.807) is 6.92 Å². The average molecular weight is 641 g/mol. The number of hydrogen-bond acceptors (Lipinski definition) is 14. The summed E-state index contributed by atoms with van der Waals surface area (Å²) >= 11 is 0.997. The van der Waals surface area contributed by atoms with Crippen LogP contribution in [0.25, 0.3) is 0 Å². The van der Waals surface area contributed by atoms with Crippen molar-refractivity contribution in [2.75, 3.05) is 12.3 Å². The molecule has 0 unspecified atom stereocenters. The summed E-state index contributed by atoms with van der Waals surface area (Å²) in [4.78, 5) is 52.4. The maximum Gasteiger partial charge on any atom is 0.362 e. The Balaban J connectivity index is 1.53. The van der Waals surface area contributed by atoms with Crippen LogP contribution < -0.4 is 17.2 Å². The fourth-order valence-electron chi connectivity index (χ4n) is 4.37. The first-order valence-corrected chi connectivity index (χ1v) is 15.5. The van der Waals surface area contributed by atoms with E-state index in [4.69, 9.17) is 22.0 Å². The number of nitrogens with two attached hydrogens (primary N) is 3. The Kier molecular flexibility index (Phi) is 9.42. The highest BCUT2D eigenvalue weighted by Crippen LogP contribution is 2.40. The highest BCUT2D eigenvalue weighted by molar-refractivity contribution is 7.84. The maximum atomic E-state index is 13.4. The van der Waals surface area contributed by atoms with E-state index in [0.717, 1.165) is 29.0 Å². The Bertz CT molecular complexity index is 1560. The van der Waals surface area contributed by atoms with E-state index in [9.17, 15) is 32.5 Å². The van der Waals surface area contributed by atoms with Gasteiger partial charge in [0.25, 0.3) is 0 Å². The monoisotopic (exact) mass is 640 g/mol. The van der Waals surface area contributed by atoms with Gasteiger partial charge in [0.15, 0.2) is 16.6 Å². The Hall–Kier alpha value is -4.01. The third kappa shape index (κ3) is 7.32. The number of aromatic nitrogens is 4. The number of ketones is 1. The van der Waals surface area contributed by atoms with E-state index >= 15 is 0 Å². The number of nitrogen functional groups attached to an aromatic ring is 1. The summed E-state index contributed by atoms with van der Waals surface area (Å²) in [6.07, 6.45) is 1.96. The van der Waals surface area contributed by atoms with Crippen LogP contribution in [0.5, 0.6) is 0 Å². The van der Waals surface area contributed by atoms with Gasteiger partial charge in [-0.15, -0.1) is 11.3 Å². The molecule has 1 amide bonds. The second kappa shape index (κ2) is 12.7. The van der Waals surface area contributed by atoms with Crippen molar-refractivity contribution >= 4 is 56.0 Å². The Morgan fingerprint density at radius 3 is 2.58 bits per heavy atom. The zero-order valence-electron chi connectivity index (χ0n) is 23.1. The lowest BCUT2D eigenvalue weighted by atomic mass is 9.84. The van der Waals surface area contributed by atoms with Crippen molar-refractivity contribution in [1.29, 1.82) is 0 Å². The highest BCUT2D eigenvalue weighted by atomic mass is 32.2. The van der Waals surface area contributed by atoms with E-state index in [1.165, 1.54) is 5.38 Å². The number of Topliss-reactive ketones (excluding diaryl/α,β-unsaturated/α-hetero) is 1. The predicted molar refractivity (Wildman–Crippen MR) is 152 cm³/mol. The van der Waals surface area contributed by atoms with Gasteiger partial charge in [0, 0.05) is 31.1 Å². The summed E-state index contributed by atoms with van der Waals surface area (Å²) in [5.74, 6) is -3.87. The van der Waals surface area contributed by atoms with Crippen molar-refractivity contribution in [3.05, 3.63) is 22.5 Å². The molecule has 1 saturated heterocycles. The van der Waals surface area contributed by atoms with Gasteiger partial charge in [0.1, 0.15) is 11.4 Å². The van der Waals surface area contributed by atoms with Crippen LogP contribution in [-0.2, 0) is 42.6 Å². The molecular formula is C23H32N10O8S2. The number of β-lactam (4-membered cyclic amide) rings is 1. The molecular weight excluding hydrogens is 608 g/mol. The molecule has 1 aliphatic carbocycles. The molecule has 18 nitrogen and oxygen atoms in total. The highest BCUT2D eigenvalue weighted by Gasteiger charge is 2.56. The lowest BCUT2D eigenvalue weighted by Crippen LogP contribution is -2.64. The van der Waals surface area contributed by atoms with Crippen LogP contribution in [0.4, 0.5) is 5.13 Å². The SMILES string of the molecule is Cc1nn(C[C@@H]2[C@H](CC(=O)/C(=N\OC3(C(=O)O)CC3)c3csc(N)n3)C(=O)N2S(=O)(=O)O)nc1CN=C(N)CCCCN. The van der Waals surface area contributed by atoms with Crippen LogP contribution in [0, 0.1) is 12.8 Å². The Morgan fingerprint density at radius 2 is 2.00 bits per heavy atom. The van der Waals surface area contributed by atoms with Gasteiger partial charge in [0.2, 0.25) is 11.5 Å². The van der Waals surface area contributed by atoms with Crippen LogP contribution in [-0.4, -0.2) is 89.8 Å². The van der Waals surface area contributed by atoms with Crippen LogP contribution in [0.3, 0.4) is 0 Å². The molecule has 2 atom stereocenters. The maximum absolute atomic E-state index is 13.4. The first-order chi connectivity index (χ1) is 20.3. The molecule has 4 rings (SSSR count). The number of anilines is 1. The molecule has 2 aromatic rings. The van der Waals surface area contributed by atoms with Gasteiger partial charge in [-0.2, -0.15) is 23.4 Å². The zero-order valence-corrected chi connectivity index (χ0v) is 24.8. The minimum atomic E-state index is -4.98. The summed E-state index contributed by atoms with van der Waals surface area (Å²) < 4.78 is 34.0. The number of aryl methyl sites for hydroxylation is 1. The van der Waals surface area contributed by atoms with Gasteiger partial charge in [0.05, 0.1) is 36.6 Å². The zero-order chi connectivity index (χ0) is 31.5. The van der Waals surface area contributed by atoms with Crippen molar-refractivity contribution in [2.45, 2.75) is 70.2 Å². The molecule has 8 N–H and O–H groups in total. The third-order valence-corrected chi connectivity index (χ3v) is 8.60. The summed E-state index contributed by atoms with van der Waals surface area (Å²) in [6.45, 7) is 2.04. The number of carboxylic acids is 1. The smallest absolute Gasteiger partial charge is 0.362 e. The van der Waals surface area contributed by atoms with Crippen LogP contribution in [0.1, 0.15) is 55.6 Å². The van der Waals surface area contributed by atoms with Crippen molar-refractivity contribution in [2.24, 2.45) is 27.5 Å². The summed E-state index contributed by atoms with van der Waals surface area (Å²) in [5.41, 5.74) is 16.1. The number of nitrogens with zero attached hydrogens (tertiary/aromatic N) is 7. The van der Waals surface area contributed by atoms with Gasteiger partial charge in [-0.1, -0.05) is 5.16 Å². The molecule has 1 aliphatic heterocycles. The van der Waals surface area contributed by atoms with E-state index in [2.05, 4.69) is 25.3 Å². The normalized spacial score (nSPS) is 20.2. The first kappa shape index (κ1) is 31.9. The largest absolute Gasteiger partial charge is 0.478 e. The predicted octanol–water partition coefficient (Wildman–Crippen LogP) is -0.761. The van der Waals surface area contributed by atoms with Crippen LogP contribution in [0.2, 0.25) is 0 Å². The molecule has 1 saturated carbocycles. The van der Waals surface area contributed by atoms with Gasteiger partial charge in [-0.25, -0.2) is 14.1 Å². The second-order valence-corrected chi connectivity index (χ2v) is 12.3. The standard InChI is InChI=1S/C23H32N10O8S2/c1-12-14(9-27-18(25)4-2-3-7-24)30-32(29-12)10-16-13(20(35)33(16)43(38,39)40)8-17(34)19(15-11-42-22(26)28-15)31-41-23(5-6-23)21(36)37/h11,13,16H,2-10,24H2,1H3,(H2,25,27)(H2,26,28)(H,36,37)(H,38,39,40)/b31-19-/t13-,16+/m0/s1. The van der Waals surface area contributed by atoms with Gasteiger partial charge >= 0.3 is 16.3 Å². The molecule has 20 heteroatoms. The second-order valence-electron chi connectivity index (χ2n) is 10.2. The number of rotatable bonds is 16. The van der Waals surface area contributed by atoms with E-state index < -0.39 is 51.9 Å². The summed E-state index contributed by atoms with van der Waals surface area (Å²) in [6, 6.07) is -1.23. The fourth-order valence-corrected chi connectivity index (χ4v) is 5.84. The lowest BCUT2D eigenvalue weighted by molar-refractivity contribution is -0.153. The van der Waals surface area contributed by atoms with Gasteiger partial charge in [-0.3, -0.25) is 19.1 Å². The van der Waals surface area contributed by atoms with Crippen molar-refractivity contribution in [3.63, 3.8) is 0 Å². The molecule has 3 heterocycles. The number of aliphatic carboxylic acids is 1. The number of unbranched alkanes of at least 4 members (excludes halogenated alkanes) is 1. The Morgan fingerprint density at radius 1 is 1.28 bits per heavy atom. The van der Waals surface area contributed by atoms with E-state index in [-0.39, 0.29) is 46.8 Å². The van der Waals surface area contributed by atoms with Crippen molar-refractivity contribution < 1.29 is 37.3 Å². The molecule has 2 aromatic heterocycles. The molecule has 2 fully saturated rings. The summed E-state index contributed by atoms with van der Waals surface area (Å²) in [7, 11) is -4.98. The number of amides is 1. The Labute approximate surface area is 249 Å². The molecule has 43 heavy (non-hydrogen) atoms. The first-order valence-electron chi connectivity index (χ1n) is 13.2. The number of aliphatic imine (C=N–C) groups is 1. The van der Waals surface area contributed by atoms with E-state index in [0.29, 0.717) is 30.2 Å². The minimum absolute atomic E-state index is 0.000474. The lowest BCUT2D eigenvalue weighted by Gasteiger charge is -2.43. The number of thiazole rings is 1. The molecule has 0 spiro atoms.